The van der Waals surface area contributed by atoms with Crippen molar-refractivity contribution in [3.05, 3.63) is 65.8 Å². The van der Waals surface area contributed by atoms with E-state index in [1.807, 2.05) is 0 Å². The first kappa shape index (κ1) is 20.0. The Morgan fingerprint density at radius 3 is 2.73 bits per heavy atom. The highest BCUT2D eigenvalue weighted by molar-refractivity contribution is 7.92. The zero-order chi connectivity index (χ0) is 21.5. The van der Waals surface area contributed by atoms with Gasteiger partial charge >= 0.3 is 0 Å². The van der Waals surface area contributed by atoms with Gasteiger partial charge < -0.3 is 14.9 Å². The fraction of sp³-hybridized carbons (Fsp3) is 0.0500. The Balaban J connectivity index is 1.76. The van der Waals surface area contributed by atoms with Gasteiger partial charge in [0.05, 0.1) is 34.4 Å². The van der Waals surface area contributed by atoms with Gasteiger partial charge in [0.25, 0.3) is 10.0 Å². The Bertz CT molecular complexity index is 1370. The molecule has 4 rings (SSSR count). The molecule has 7 nitrogen and oxygen atoms in total. The summed E-state index contributed by atoms with van der Waals surface area (Å²) >= 11 is 6.01. The zero-order valence-corrected chi connectivity index (χ0v) is 17.1. The minimum Gasteiger partial charge on any atom is -0.495 e. The van der Waals surface area contributed by atoms with Crippen LogP contribution in [0.25, 0.3) is 22.1 Å². The molecule has 2 aromatic heterocycles. The number of hydrogen-bond acceptors (Lipinski definition) is 6. The number of nitrogens with one attached hydrogen (secondary N) is 1. The van der Waals surface area contributed by atoms with Crippen LogP contribution in [0.4, 0.5) is 15.9 Å². The van der Waals surface area contributed by atoms with Crippen LogP contribution >= 0.6 is 11.6 Å². The topological polar surface area (TPSA) is 107 Å². The molecule has 0 saturated heterocycles. The predicted octanol–water partition coefficient (Wildman–Crippen LogP) is 4.68. The van der Waals surface area contributed by atoms with E-state index in [4.69, 9.17) is 26.5 Å². The van der Waals surface area contributed by atoms with Gasteiger partial charge in [-0.25, -0.2) is 17.8 Å². The largest absolute Gasteiger partial charge is 0.495 e. The molecule has 0 amide bonds. The van der Waals surface area contributed by atoms with Gasteiger partial charge in [0, 0.05) is 17.3 Å². The summed E-state index contributed by atoms with van der Waals surface area (Å²) < 4.78 is 53.5. The highest BCUT2D eigenvalue weighted by Crippen LogP contribution is 2.37. The Labute approximate surface area is 176 Å². The molecule has 2 heterocycles. The van der Waals surface area contributed by atoms with Gasteiger partial charge in [-0.15, -0.1) is 0 Å². The average Bonchev–Trinajstić information content (AvgIpc) is 3.15. The Morgan fingerprint density at radius 2 is 2.00 bits per heavy atom. The monoisotopic (exact) mass is 447 g/mol. The number of furan rings is 1. The normalized spacial score (nSPS) is 11.6. The lowest BCUT2D eigenvalue weighted by atomic mass is 10.0. The van der Waals surface area contributed by atoms with Crippen molar-refractivity contribution in [2.75, 3.05) is 17.6 Å². The maximum Gasteiger partial charge on any atom is 0.262 e. The molecule has 154 valence electrons. The van der Waals surface area contributed by atoms with Crippen molar-refractivity contribution in [2.45, 2.75) is 4.90 Å². The van der Waals surface area contributed by atoms with Crippen molar-refractivity contribution in [1.82, 2.24) is 4.98 Å². The maximum absolute atomic E-state index is 15.3. The number of rotatable bonds is 5. The summed E-state index contributed by atoms with van der Waals surface area (Å²) in [6.07, 6.45) is 2.83. The second-order valence-electron chi connectivity index (χ2n) is 6.29. The van der Waals surface area contributed by atoms with Gasteiger partial charge in [-0.1, -0.05) is 23.7 Å². The summed E-state index contributed by atoms with van der Waals surface area (Å²) in [4.78, 5) is 3.86. The summed E-state index contributed by atoms with van der Waals surface area (Å²) in [7, 11) is -2.70. The molecule has 0 aliphatic heterocycles. The highest BCUT2D eigenvalue weighted by Gasteiger charge is 2.21. The quantitative estimate of drug-likeness (QED) is 0.460. The van der Waals surface area contributed by atoms with Crippen LogP contribution in [0.15, 0.2) is 64.2 Å². The molecule has 0 atom stereocenters. The maximum atomic E-state index is 15.3. The van der Waals surface area contributed by atoms with E-state index in [1.54, 1.807) is 6.07 Å². The summed E-state index contributed by atoms with van der Waals surface area (Å²) in [6.45, 7) is 0. The number of hydrogen-bond donors (Lipinski definition) is 2. The number of nitrogen functional groups attached to an aromatic ring is 1. The molecule has 30 heavy (non-hydrogen) atoms. The minimum absolute atomic E-state index is 0.112. The first-order chi connectivity index (χ1) is 14.3. The summed E-state index contributed by atoms with van der Waals surface area (Å²) in [5, 5.41) is 0.556. The second kappa shape index (κ2) is 7.51. The number of sulfonamides is 1. The number of nitrogens with two attached hydrogens (primary N) is 1. The van der Waals surface area contributed by atoms with Crippen molar-refractivity contribution in [3.8, 4) is 16.9 Å². The number of anilines is 2. The van der Waals surface area contributed by atoms with Crippen molar-refractivity contribution in [2.24, 2.45) is 0 Å². The third-order valence-corrected chi connectivity index (χ3v) is 6.14. The van der Waals surface area contributed by atoms with E-state index in [0.29, 0.717) is 22.3 Å². The van der Waals surface area contributed by atoms with Gasteiger partial charge in [-0.3, -0.25) is 4.72 Å². The molecule has 0 radical (unpaired) electrons. The molecule has 3 N–H and O–H groups in total. The highest BCUT2D eigenvalue weighted by atomic mass is 35.5. The van der Waals surface area contributed by atoms with Crippen LogP contribution < -0.4 is 15.2 Å². The standard InChI is InChI=1S/C20H15ClFN3O4S/c1-28-16-6-5-11(9-14(16)21)30(26,27)25-15-4-2-3-12(19(15)22)13-10-29-17-7-8-24-20(23)18(13)17/h2-10,25H,1H3,(H2,23,24). The zero-order valence-electron chi connectivity index (χ0n) is 15.5. The van der Waals surface area contributed by atoms with Crippen molar-refractivity contribution < 1.29 is 22.0 Å². The first-order valence-electron chi connectivity index (χ1n) is 8.58. The van der Waals surface area contributed by atoms with Gasteiger partial charge in [0.15, 0.2) is 5.82 Å². The molecular formula is C20H15ClFN3O4S. The van der Waals surface area contributed by atoms with Gasteiger partial charge in [-0.2, -0.15) is 0 Å². The molecule has 4 aromatic rings. The number of benzene rings is 2. The number of pyridine rings is 1. The van der Waals surface area contributed by atoms with E-state index in [2.05, 4.69) is 9.71 Å². The third kappa shape index (κ3) is 3.42. The molecular weight excluding hydrogens is 433 g/mol. The second-order valence-corrected chi connectivity index (χ2v) is 8.38. The van der Waals surface area contributed by atoms with Gasteiger partial charge in [0.1, 0.15) is 17.2 Å². The number of fused-ring (bicyclic) bond motifs is 1. The molecule has 2 aromatic carbocycles. The summed E-state index contributed by atoms with van der Waals surface area (Å²) in [5.74, 6) is -0.289. The SMILES string of the molecule is COc1ccc(S(=O)(=O)Nc2cccc(-c3coc4ccnc(N)c34)c2F)cc1Cl. The lowest BCUT2D eigenvalue weighted by Crippen LogP contribution is -2.14. The van der Waals surface area contributed by atoms with Gasteiger partial charge in [0.2, 0.25) is 0 Å². The van der Waals surface area contributed by atoms with Crippen LogP contribution in [0.2, 0.25) is 5.02 Å². The predicted molar refractivity (Wildman–Crippen MR) is 113 cm³/mol. The number of ether oxygens (including phenoxy) is 1. The van der Waals surface area contributed by atoms with Gasteiger partial charge in [-0.05, 0) is 30.3 Å². The number of nitrogens with zero attached hydrogens (tertiary/aromatic N) is 1. The average molecular weight is 448 g/mol. The van der Waals surface area contributed by atoms with Crippen molar-refractivity contribution >= 4 is 44.1 Å². The fourth-order valence-electron chi connectivity index (χ4n) is 3.04. The van der Waals surface area contributed by atoms with E-state index >= 15 is 4.39 Å². The molecule has 0 aliphatic carbocycles. The Morgan fingerprint density at radius 1 is 1.20 bits per heavy atom. The Kier molecular flexibility index (Phi) is 5.00. The summed E-state index contributed by atoms with van der Waals surface area (Å²) in [5.41, 5.74) is 6.59. The van der Waals surface area contributed by atoms with Crippen LogP contribution in [-0.2, 0) is 10.0 Å². The molecule has 0 fully saturated rings. The lowest BCUT2D eigenvalue weighted by Gasteiger charge is -2.12. The molecule has 0 saturated carbocycles. The molecule has 0 unspecified atom stereocenters. The first-order valence-corrected chi connectivity index (χ1v) is 10.4. The van der Waals surface area contributed by atoms with E-state index in [1.165, 1.54) is 56.0 Å². The van der Waals surface area contributed by atoms with Crippen molar-refractivity contribution in [3.63, 3.8) is 0 Å². The third-order valence-electron chi connectivity index (χ3n) is 4.48. The molecule has 0 aliphatic rings. The number of halogens is 2. The van der Waals surface area contributed by atoms with Crippen LogP contribution in [0.5, 0.6) is 5.75 Å². The summed E-state index contributed by atoms with van der Waals surface area (Å²) in [6, 6.07) is 9.87. The van der Waals surface area contributed by atoms with E-state index in [0.717, 1.165) is 0 Å². The number of methoxy groups -OCH3 is 1. The van der Waals surface area contributed by atoms with Crippen molar-refractivity contribution in [1.29, 1.82) is 0 Å². The van der Waals surface area contributed by atoms with E-state index in [-0.39, 0.29) is 27.0 Å². The molecule has 10 heteroatoms. The minimum atomic E-state index is -4.11. The molecule has 0 bridgehead atoms. The molecule has 0 spiro atoms. The van der Waals surface area contributed by atoms with Crippen LogP contribution in [0, 0.1) is 5.82 Å². The smallest absolute Gasteiger partial charge is 0.262 e. The van der Waals surface area contributed by atoms with E-state index < -0.39 is 15.8 Å². The Hall–Kier alpha value is -3.30. The lowest BCUT2D eigenvalue weighted by molar-refractivity contribution is 0.414. The van der Waals surface area contributed by atoms with E-state index in [9.17, 15) is 8.42 Å². The fourth-order valence-corrected chi connectivity index (χ4v) is 4.45. The van der Waals surface area contributed by atoms with Crippen LogP contribution in [0.3, 0.4) is 0 Å². The van der Waals surface area contributed by atoms with Crippen LogP contribution in [-0.4, -0.2) is 20.5 Å². The number of aromatic nitrogens is 1. The van der Waals surface area contributed by atoms with Crippen LogP contribution in [0.1, 0.15) is 0 Å².